The van der Waals surface area contributed by atoms with Crippen molar-refractivity contribution in [3.05, 3.63) is 39.9 Å². The molecule has 0 spiro atoms. The number of amides is 1. The minimum atomic E-state index is -0.380. The van der Waals surface area contributed by atoms with Gasteiger partial charge in [0.2, 0.25) is 11.0 Å². The number of ether oxygens (including phenoxy) is 1. The van der Waals surface area contributed by atoms with Crippen LogP contribution in [-0.4, -0.2) is 34.4 Å². The van der Waals surface area contributed by atoms with E-state index in [4.69, 9.17) is 27.9 Å². The van der Waals surface area contributed by atoms with Crippen LogP contribution in [0.2, 0.25) is 10.0 Å². The molecule has 0 aliphatic rings. The second-order valence-electron chi connectivity index (χ2n) is 4.43. The fourth-order valence-corrected chi connectivity index (χ4v) is 3.53. The van der Waals surface area contributed by atoms with Gasteiger partial charge in [-0.2, -0.15) is 0 Å². The first-order chi connectivity index (χ1) is 12.0. The van der Waals surface area contributed by atoms with Crippen LogP contribution in [0.4, 0.5) is 5.13 Å². The summed E-state index contributed by atoms with van der Waals surface area (Å²) in [7, 11) is 0. The largest absolute Gasteiger partial charge is 0.465 e. The quantitative estimate of drug-likeness (QED) is 0.315. The molecular weight excluding hydrogens is 405 g/mol. The first-order valence-electron chi connectivity index (χ1n) is 7.04. The summed E-state index contributed by atoms with van der Waals surface area (Å²) < 4.78 is 5.38. The second kappa shape index (κ2) is 9.76. The number of benzene rings is 1. The Hall–Kier alpha value is -1.61. The molecule has 10 heteroatoms. The summed E-state index contributed by atoms with van der Waals surface area (Å²) in [5.74, 6) is -0.562. The maximum Gasteiger partial charge on any atom is 0.316 e. The Morgan fingerprint density at radius 2 is 2.16 bits per heavy atom. The fourth-order valence-electron chi connectivity index (χ4n) is 1.60. The lowest BCUT2D eigenvalue weighted by Crippen LogP contribution is -2.07. The standard InChI is InChI=1S/C15H13Cl2N3O3S2/c1-2-23-12(22)8-24-15-20-19-14(25-15)18-11(21)7-6-9-4-3-5-10(16)13(9)17/h3-7H,2,8H2,1H3,(H,18,19,21)/b7-6+. The van der Waals surface area contributed by atoms with Crippen LogP contribution in [0.25, 0.3) is 6.08 Å². The van der Waals surface area contributed by atoms with Crippen LogP contribution in [0.5, 0.6) is 0 Å². The summed E-state index contributed by atoms with van der Waals surface area (Å²) in [4.78, 5) is 23.2. The molecule has 2 aromatic rings. The number of nitrogens with zero attached hydrogens (tertiary/aromatic N) is 2. The zero-order valence-electron chi connectivity index (χ0n) is 13.0. The molecule has 6 nitrogen and oxygen atoms in total. The third-order valence-electron chi connectivity index (χ3n) is 2.65. The minimum Gasteiger partial charge on any atom is -0.465 e. The van der Waals surface area contributed by atoms with Gasteiger partial charge < -0.3 is 4.74 Å². The highest BCUT2D eigenvalue weighted by molar-refractivity contribution is 8.01. The van der Waals surface area contributed by atoms with Crippen LogP contribution in [0.1, 0.15) is 12.5 Å². The van der Waals surface area contributed by atoms with Gasteiger partial charge in [-0.3, -0.25) is 14.9 Å². The zero-order chi connectivity index (χ0) is 18.2. The Morgan fingerprint density at radius 3 is 2.92 bits per heavy atom. The summed E-state index contributed by atoms with van der Waals surface area (Å²) >= 11 is 14.3. The average molecular weight is 418 g/mol. The number of rotatable bonds is 7. The van der Waals surface area contributed by atoms with Crippen LogP contribution in [0.15, 0.2) is 28.6 Å². The Kier molecular flexibility index (Phi) is 7.70. The van der Waals surface area contributed by atoms with Gasteiger partial charge in [-0.1, -0.05) is 58.4 Å². The maximum atomic E-state index is 11.9. The molecule has 132 valence electrons. The van der Waals surface area contributed by atoms with Gasteiger partial charge >= 0.3 is 5.97 Å². The van der Waals surface area contributed by atoms with E-state index in [1.165, 1.54) is 29.2 Å². The number of thioether (sulfide) groups is 1. The molecule has 0 fully saturated rings. The molecule has 0 atom stereocenters. The van der Waals surface area contributed by atoms with Crippen molar-refractivity contribution in [3.8, 4) is 0 Å². The van der Waals surface area contributed by atoms with Crippen molar-refractivity contribution < 1.29 is 14.3 Å². The number of aromatic nitrogens is 2. The second-order valence-corrected chi connectivity index (χ2v) is 7.42. The number of hydrogen-bond donors (Lipinski definition) is 1. The smallest absolute Gasteiger partial charge is 0.316 e. The van der Waals surface area contributed by atoms with Crippen molar-refractivity contribution in [3.63, 3.8) is 0 Å². The zero-order valence-corrected chi connectivity index (χ0v) is 16.1. The number of halogens is 2. The van der Waals surface area contributed by atoms with Crippen LogP contribution in [0.3, 0.4) is 0 Å². The monoisotopic (exact) mass is 417 g/mol. The Morgan fingerprint density at radius 1 is 1.36 bits per heavy atom. The summed E-state index contributed by atoms with van der Waals surface area (Å²) in [6.07, 6.45) is 2.88. The lowest BCUT2D eigenvalue weighted by molar-refractivity contribution is -0.139. The Labute approximate surface area is 162 Å². The fraction of sp³-hybridized carbons (Fsp3) is 0.200. The van der Waals surface area contributed by atoms with Crippen LogP contribution < -0.4 is 5.32 Å². The van der Waals surface area contributed by atoms with Gasteiger partial charge in [0.1, 0.15) is 0 Å². The van der Waals surface area contributed by atoms with E-state index in [1.54, 1.807) is 31.2 Å². The molecule has 0 radical (unpaired) electrons. The molecule has 1 N–H and O–H groups in total. The van der Waals surface area contributed by atoms with E-state index in [0.29, 0.717) is 31.7 Å². The van der Waals surface area contributed by atoms with E-state index >= 15 is 0 Å². The molecule has 1 heterocycles. The van der Waals surface area contributed by atoms with Gasteiger partial charge in [-0.15, -0.1) is 10.2 Å². The van der Waals surface area contributed by atoms with Gasteiger partial charge in [0.05, 0.1) is 22.4 Å². The summed E-state index contributed by atoms with van der Waals surface area (Å²) in [5, 5.41) is 11.5. The Bertz CT molecular complexity index is 796. The number of hydrogen-bond acceptors (Lipinski definition) is 7. The van der Waals surface area contributed by atoms with Gasteiger partial charge in [0.25, 0.3) is 0 Å². The minimum absolute atomic E-state index is 0.142. The molecular formula is C15H13Cl2N3O3S2. The predicted molar refractivity (Wildman–Crippen MR) is 101 cm³/mol. The predicted octanol–water partition coefficient (Wildman–Crippen LogP) is 4.15. The molecule has 0 bridgehead atoms. The summed E-state index contributed by atoms with van der Waals surface area (Å²) in [6.45, 7) is 2.07. The van der Waals surface area contributed by atoms with Crippen LogP contribution in [0, 0.1) is 0 Å². The molecule has 0 saturated carbocycles. The normalized spacial score (nSPS) is 10.8. The Balaban J connectivity index is 1.89. The van der Waals surface area contributed by atoms with Gasteiger partial charge in [-0.05, 0) is 24.6 Å². The topological polar surface area (TPSA) is 81.2 Å². The third kappa shape index (κ3) is 6.32. The number of anilines is 1. The highest BCUT2D eigenvalue weighted by Crippen LogP contribution is 2.27. The highest BCUT2D eigenvalue weighted by atomic mass is 35.5. The average Bonchev–Trinajstić information content (AvgIpc) is 3.02. The first kappa shape index (κ1) is 19.7. The van der Waals surface area contributed by atoms with E-state index in [1.807, 2.05) is 0 Å². The SMILES string of the molecule is CCOC(=O)CSc1nnc(NC(=O)/C=C/c2cccc(Cl)c2Cl)s1. The number of carbonyl (C=O) groups is 2. The molecule has 0 unspecified atom stereocenters. The van der Waals surface area contributed by atoms with Gasteiger partial charge in [0.15, 0.2) is 4.34 Å². The lowest BCUT2D eigenvalue weighted by Gasteiger charge is -2.00. The van der Waals surface area contributed by atoms with Crippen LogP contribution >= 0.6 is 46.3 Å². The molecule has 1 aromatic heterocycles. The highest BCUT2D eigenvalue weighted by Gasteiger charge is 2.10. The van der Waals surface area contributed by atoms with E-state index in [9.17, 15) is 9.59 Å². The van der Waals surface area contributed by atoms with Crippen LogP contribution in [-0.2, 0) is 14.3 Å². The van der Waals surface area contributed by atoms with Crippen molar-refractivity contribution in [2.45, 2.75) is 11.3 Å². The molecule has 25 heavy (non-hydrogen) atoms. The number of carbonyl (C=O) groups excluding carboxylic acids is 2. The molecule has 0 saturated heterocycles. The number of esters is 1. The molecule has 2 rings (SSSR count). The summed E-state index contributed by atoms with van der Waals surface area (Å²) in [6, 6.07) is 5.15. The van der Waals surface area contributed by atoms with E-state index in [0.717, 1.165) is 0 Å². The molecule has 1 amide bonds. The molecule has 0 aliphatic heterocycles. The van der Waals surface area contributed by atoms with E-state index in [-0.39, 0.29) is 17.6 Å². The van der Waals surface area contributed by atoms with E-state index < -0.39 is 0 Å². The van der Waals surface area contributed by atoms with Crippen molar-refractivity contribution in [1.82, 2.24) is 10.2 Å². The molecule has 1 aromatic carbocycles. The maximum absolute atomic E-state index is 11.9. The van der Waals surface area contributed by atoms with Gasteiger partial charge in [0, 0.05) is 6.08 Å². The first-order valence-corrected chi connectivity index (χ1v) is 9.60. The summed E-state index contributed by atoms with van der Waals surface area (Å²) in [5.41, 5.74) is 0.632. The van der Waals surface area contributed by atoms with Crippen molar-refractivity contribution >= 4 is 69.4 Å². The van der Waals surface area contributed by atoms with E-state index in [2.05, 4.69) is 15.5 Å². The molecule has 0 aliphatic carbocycles. The van der Waals surface area contributed by atoms with Crippen molar-refractivity contribution in [2.75, 3.05) is 17.7 Å². The van der Waals surface area contributed by atoms with Crippen molar-refractivity contribution in [2.24, 2.45) is 0 Å². The van der Waals surface area contributed by atoms with Gasteiger partial charge in [-0.25, -0.2) is 0 Å². The third-order valence-corrected chi connectivity index (χ3v) is 5.43. The lowest BCUT2D eigenvalue weighted by atomic mass is 10.2. The number of nitrogens with one attached hydrogen (secondary N) is 1. The van der Waals surface area contributed by atoms with Crippen molar-refractivity contribution in [1.29, 1.82) is 0 Å².